The van der Waals surface area contributed by atoms with Gasteiger partial charge in [0.2, 0.25) is 5.91 Å². The molecule has 2 N–H and O–H groups in total. The highest BCUT2D eigenvalue weighted by Crippen LogP contribution is 2.18. The molecule has 1 aliphatic heterocycles. The van der Waals surface area contributed by atoms with E-state index in [1.165, 1.54) is 24.9 Å². The van der Waals surface area contributed by atoms with Crippen LogP contribution in [0.4, 0.5) is 10.5 Å². The van der Waals surface area contributed by atoms with Crippen LogP contribution in [-0.2, 0) is 16.1 Å². The normalized spacial score (nSPS) is 17.4. The predicted molar refractivity (Wildman–Crippen MR) is 119 cm³/mol. The largest absolute Gasteiger partial charge is 0.378 e. The molecule has 1 aliphatic carbocycles. The Hall–Kier alpha value is -2.28. The molecule has 166 valence electrons. The number of amides is 3. The Morgan fingerprint density at radius 3 is 2.50 bits per heavy atom. The van der Waals surface area contributed by atoms with Crippen LogP contribution in [0.15, 0.2) is 24.3 Å². The van der Waals surface area contributed by atoms with Crippen LogP contribution in [0.2, 0.25) is 0 Å². The molecule has 3 rings (SSSR count). The molecule has 7 nitrogen and oxygen atoms in total. The van der Waals surface area contributed by atoms with Crippen molar-refractivity contribution in [3.05, 3.63) is 29.8 Å². The lowest BCUT2D eigenvalue weighted by atomic mass is 9.96. The summed E-state index contributed by atoms with van der Waals surface area (Å²) in [6.07, 6.45) is 6.90. The summed E-state index contributed by atoms with van der Waals surface area (Å²) >= 11 is 0. The molecule has 0 atom stereocenters. The number of carbonyl (C=O) groups is 2. The van der Waals surface area contributed by atoms with Gasteiger partial charge in [0.25, 0.3) is 0 Å². The monoisotopic (exact) mass is 416 g/mol. The molecule has 2 aliphatic rings. The smallest absolute Gasteiger partial charge is 0.315 e. The first kappa shape index (κ1) is 22.4. The number of ether oxygens (including phenoxy) is 1. The van der Waals surface area contributed by atoms with Crippen molar-refractivity contribution in [2.24, 2.45) is 0 Å². The van der Waals surface area contributed by atoms with Gasteiger partial charge < -0.3 is 25.2 Å². The fraction of sp³-hybridized carbons (Fsp3) is 0.652. The molecule has 1 heterocycles. The van der Waals surface area contributed by atoms with Crippen LogP contribution in [-0.4, -0.2) is 62.8 Å². The lowest BCUT2D eigenvalue weighted by molar-refractivity contribution is -0.130. The van der Waals surface area contributed by atoms with Crippen molar-refractivity contribution < 1.29 is 14.3 Å². The van der Waals surface area contributed by atoms with Gasteiger partial charge in [-0.25, -0.2) is 4.79 Å². The standard InChI is InChI=1S/C23H36N4O3/c1-26(18-19-9-11-21(12-10-19)27-14-16-30-17-15-27)22(28)8-5-13-24-23(29)25-20-6-3-2-4-7-20/h9-12,20H,2-8,13-18H2,1H3,(H2,24,25,29). The molecular weight excluding hydrogens is 380 g/mol. The number of hydrogen-bond donors (Lipinski definition) is 2. The Morgan fingerprint density at radius 1 is 1.10 bits per heavy atom. The Morgan fingerprint density at radius 2 is 1.80 bits per heavy atom. The summed E-state index contributed by atoms with van der Waals surface area (Å²) in [7, 11) is 1.83. The van der Waals surface area contributed by atoms with Crippen LogP contribution in [0.3, 0.4) is 0 Å². The molecule has 1 aromatic rings. The van der Waals surface area contributed by atoms with E-state index < -0.39 is 0 Å². The lowest BCUT2D eigenvalue weighted by Crippen LogP contribution is -2.43. The van der Waals surface area contributed by atoms with Crippen LogP contribution in [0, 0.1) is 0 Å². The van der Waals surface area contributed by atoms with Crippen molar-refractivity contribution in [1.29, 1.82) is 0 Å². The molecule has 0 unspecified atom stereocenters. The van der Waals surface area contributed by atoms with E-state index in [4.69, 9.17) is 4.74 Å². The molecule has 0 radical (unpaired) electrons. The second-order valence-electron chi connectivity index (χ2n) is 8.35. The van der Waals surface area contributed by atoms with Crippen molar-refractivity contribution in [3.8, 4) is 0 Å². The van der Waals surface area contributed by atoms with Crippen molar-refractivity contribution >= 4 is 17.6 Å². The molecule has 30 heavy (non-hydrogen) atoms. The molecule has 0 bridgehead atoms. The number of rotatable bonds is 8. The highest BCUT2D eigenvalue weighted by molar-refractivity contribution is 5.76. The quantitative estimate of drug-likeness (QED) is 0.639. The van der Waals surface area contributed by atoms with E-state index in [0.29, 0.717) is 32.0 Å². The number of carbonyl (C=O) groups excluding carboxylic acids is 2. The predicted octanol–water partition coefficient (Wildman–Crippen LogP) is 2.89. The maximum atomic E-state index is 12.4. The Balaban J connectivity index is 1.31. The van der Waals surface area contributed by atoms with Gasteiger partial charge in [-0.15, -0.1) is 0 Å². The minimum atomic E-state index is -0.108. The van der Waals surface area contributed by atoms with Gasteiger partial charge in [0, 0.05) is 51.4 Å². The van der Waals surface area contributed by atoms with Crippen LogP contribution in [0.5, 0.6) is 0 Å². The number of nitrogens with one attached hydrogen (secondary N) is 2. The first-order valence-electron chi connectivity index (χ1n) is 11.3. The van der Waals surface area contributed by atoms with Crippen molar-refractivity contribution in [1.82, 2.24) is 15.5 Å². The first-order valence-corrected chi connectivity index (χ1v) is 11.3. The third-order valence-corrected chi connectivity index (χ3v) is 5.95. The number of nitrogens with zero attached hydrogens (tertiary/aromatic N) is 2. The van der Waals surface area contributed by atoms with Gasteiger partial charge in [-0.2, -0.15) is 0 Å². The maximum Gasteiger partial charge on any atom is 0.315 e. The van der Waals surface area contributed by atoms with E-state index in [0.717, 1.165) is 44.7 Å². The van der Waals surface area contributed by atoms with Gasteiger partial charge in [0.1, 0.15) is 0 Å². The number of morpholine rings is 1. The van der Waals surface area contributed by atoms with Crippen LogP contribution in [0.1, 0.15) is 50.5 Å². The Labute approximate surface area is 180 Å². The molecule has 0 spiro atoms. The van der Waals surface area contributed by atoms with Crippen molar-refractivity contribution in [2.75, 3.05) is 44.8 Å². The van der Waals surface area contributed by atoms with Crippen LogP contribution < -0.4 is 15.5 Å². The fourth-order valence-corrected chi connectivity index (χ4v) is 4.11. The van der Waals surface area contributed by atoms with Crippen molar-refractivity contribution in [2.45, 2.75) is 57.5 Å². The fourth-order valence-electron chi connectivity index (χ4n) is 4.11. The number of hydrogen-bond acceptors (Lipinski definition) is 4. The van der Waals surface area contributed by atoms with Gasteiger partial charge in [-0.1, -0.05) is 31.4 Å². The molecule has 7 heteroatoms. The van der Waals surface area contributed by atoms with E-state index in [1.54, 1.807) is 4.90 Å². The number of anilines is 1. The second kappa shape index (κ2) is 11.8. The SMILES string of the molecule is CN(Cc1ccc(N2CCOCC2)cc1)C(=O)CCCNC(=O)NC1CCCCC1. The number of benzene rings is 1. The van der Waals surface area contributed by atoms with E-state index in [9.17, 15) is 9.59 Å². The zero-order valence-corrected chi connectivity index (χ0v) is 18.2. The minimum Gasteiger partial charge on any atom is -0.378 e. The molecule has 3 amide bonds. The van der Waals surface area contributed by atoms with Crippen LogP contribution >= 0.6 is 0 Å². The zero-order chi connectivity index (χ0) is 21.2. The molecule has 1 aromatic carbocycles. The molecular formula is C23H36N4O3. The minimum absolute atomic E-state index is 0.0988. The van der Waals surface area contributed by atoms with Crippen LogP contribution in [0.25, 0.3) is 0 Å². The summed E-state index contributed by atoms with van der Waals surface area (Å²) in [6, 6.07) is 8.61. The maximum absolute atomic E-state index is 12.4. The van der Waals surface area contributed by atoms with E-state index in [-0.39, 0.29) is 11.9 Å². The third-order valence-electron chi connectivity index (χ3n) is 5.95. The topological polar surface area (TPSA) is 73.9 Å². The Bertz CT molecular complexity index is 668. The van der Waals surface area contributed by atoms with Gasteiger partial charge >= 0.3 is 6.03 Å². The zero-order valence-electron chi connectivity index (χ0n) is 18.2. The summed E-state index contributed by atoms with van der Waals surface area (Å²) in [5.41, 5.74) is 2.32. The van der Waals surface area contributed by atoms with E-state index in [1.807, 2.05) is 7.05 Å². The lowest BCUT2D eigenvalue weighted by Gasteiger charge is -2.29. The average molecular weight is 417 g/mol. The van der Waals surface area contributed by atoms with E-state index >= 15 is 0 Å². The van der Waals surface area contributed by atoms with Gasteiger partial charge in [0.05, 0.1) is 13.2 Å². The van der Waals surface area contributed by atoms with Gasteiger partial charge in [0.15, 0.2) is 0 Å². The average Bonchev–Trinajstić information content (AvgIpc) is 2.78. The van der Waals surface area contributed by atoms with Gasteiger partial charge in [-0.05, 0) is 37.0 Å². The summed E-state index contributed by atoms with van der Waals surface area (Å²) < 4.78 is 5.40. The summed E-state index contributed by atoms with van der Waals surface area (Å²) in [5, 5.41) is 5.91. The third kappa shape index (κ3) is 7.20. The first-order chi connectivity index (χ1) is 14.6. The molecule has 1 saturated carbocycles. The van der Waals surface area contributed by atoms with Gasteiger partial charge in [-0.3, -0.25) is 4.79 Å². The summed E-state index contributed by atoms with van der Waals surface area (Å²) in [4.78, 5) is 28.4. The Kier molecular flexibility index (Phi) is 8.81. The number of urea groups is 1. The molecule has 0 aromatic heterocycles. The second-order valence-corrected chi connectivity index (χ2v) is 8.35. The highest BCUT2D eigenvalue weighted by atomic mass is 16.5. The molecule has 1 saturated heterocycles. The highest BCUT2D eigenvalue weighted by Gasteiger charge is 2.16. The molecule has 2 fully saturated rings. The van der Waals surface area contributed by atoms with E-state index in [2.05, 4.69) is 39.8 Å². The van der Waals surface area contributed by atoms with Crippen molar-refractivity contribution in [3.63, 3.8) is 0 Å². The summed E-state index contributed by atoms with van der Waals surface area (Å²) in [5.74, 6) is 0.0988. The summed E-state index contributed by atoms with van der Waals surface area (Å²) in [6.45, 7) is 4.51.